The lowest BCUT2D eigenvalue weighted by molar-refractivity contribution is 0.278. The van der Waals surface area contributed by atoms with Gasteiger partial charge < -0.3 is 9.05 Å². The van der Waals surface area contributed by atoms with Crippen molar-refractivity contribution in [2.75, 3.05) is 0 Å². The summed E-state index contributed by atoms with van der Waals surface area (Å²) in [5.74, 6) is 0.147. The highest BCUT2D eigenvalue weighted by atomic mass is 31.2. The van der Waals surface area contributed by atoms with Crippen molar-refractivity contribution in [2.24, 2.45) is 0 Å². The van der Waals surface area contributed by atoms with Crippen LogP contribution in [0.15, 0.2) is 24.3 Å². The number of rotatable bonds is 8. The Hall–Kier alpha value is -1.66. The van der Waals surface area contributed by atoms with Gasteiger partial charge >= 0.3 is 15.6 Å². The molecule has 0 atom stereocenters. The summed E-state index contributed by atoms with van der Waals surface area (Å²) in [6, 6.07) is 7.39. The highest BCUT2D eigenvalue weighted by Crippen LogP contribution is 2.48. The topological polar surface area (TPSA) is 134 Å². The fourth-order valence-electron chi connectivity index (χ4n) is 3.95. The molecule has 0 bridgehead atoms. The Kier molecular flexibility index (Phi) is 8.76. The van der Waals surface area contributed by atoms with Crippen molar-refractivity contribution in [3.8, 4) is 11.5 Å². The maximum Gasteiger partial charge on any atom is 0.524 e. The molecule has 0 fully saturated rings. The van der Waals surface area contributed by atoms with E-state index < -0.39 is 26.5 Å². The van der Waals surface area contributed by atoms with E-state index >= 15 is 0 Å². The van der Waals surface area contributed by atoms with E-state index in [-0.39, 0.29) is 17.9 Å². The highest BCUT2D eigenvalue weighted by Gasteiger charge is 2.31. The average molecular weight is 529 g/mol. The van der Waals surface area contributed by atoms with Gasteiger partial charge in [0.05, 0.1) is 0 Å². The van der Waals surface area contributed by atoms with Crippen LogP contribution in [0.2, 0.25) is 0 Å². The first kappa shape index (κ1) is 29.6. The van der Waals surface area contributed by atoms with Crippen molar-refractivity contribution in [3.05, 3.63) is 57.6 Å². The molecule has 0 heterocycles. The first-order chi connectivity index (χ1) is 15.7. The molecular weight excluding hydrogens is 490 g/mol. The van der Waals surface area contributed by atoms with Crippen LogP contribution in [-0.2, 0) is 39.2 Å². The molecule has 196 valence electrons. The van der Waals surface area contributed by atoms with Crippen LogP contribution in [0.1, 0.15) is 88.8 Å². The second-order valence-corrected chi connectivity index (χ2v) is 13.1. The third-order valence-electron chi connectivity index (χ3n) is 5.69. The molecular formula is C25H38O8P2. The van der Waals surface area contributed by atoms with Gasteiger partial charge in [0, 0.05) is 17.5 Å². The predicted octanol–water partition coefficient (Wildman–Crippen LogP) is 5.94. The fraction of sp³-hybridized carbons (Fsp3) is 0.520. The lowest BCUT2D eigenvalue weighted by Crippen LogP contribution is -2.17. The molecule has 0 aliphatic rings. The lowest BCUT2D eigenvalue weighted by Gasteiger charge is -2.28. The molecule has 0 radical (unpaired) electrons. The minimum atomic E-state index is -4.89. The van der Waals surface area contributed by atoms with Gasteiger partial charge in [0.2, 0.25) is 0 Å². The van der Waals surface area contributed by atoms with E-state index in [0.717, 1.165) is 11.1 Å². The van der Waals surface area contributed by atoms with Gasteiger partial charge in [-0.05, 0) is 45.9 Å². The first-order valence-electron chi connectivity index (χ1n) is 11.6. The SMILES string of the molecule is CCc1cc(Cc2cc(CC)cc(C(C)(C)C)c2OP(=O)(O)O)c(OP(=O)(O)O)c(C(C)(C)C)c1. The zero-order valence-electron chi connectivity index (χ0n) is 21.7. The minimum absolute atomic E-state index is 0.0735. The van der Waals surface area contributed by atoms with Gasteiger partial charge in [-0.1, -0.05) is 79.7 Å². The summed E-state index contributed by atoms with van der Waals surface area (Å²) >= 11 is 0. The molecule has 0 spiro atoms. The number of hydrogen-bond acceptors (Lipinski definition) is 4. The third kappa shape index (κ3) is 8.18. The Balaban J connectivity index is 2.91. The Morgan fingerprint density at radius 3 is 1.20 bits per heavy atom. The number of benzene rings is 2. The number of phosphoric ester groups is 2. The van der Waals surface area contributed by atoms with Crippen LogP contribution in [0.25, 0.3) is 0 Å². The van der Waals surface area contributed by atoms with Crippen LogP contribution in [-0.4, -0.2) is 19.6 Å². The van der Waals surface area contributed by atoms with Gasteiger partial charge in [-0.3, -0.25) is 19.6 Å². The molecule has 2 aromatic rings. The van der Waals surface area contributed by atoms with Crippen molar-refractivity contribution in [1.29, 1.82) is 0 Å². The fourth-order valence-corrected chi connectivity index (χ4v) is 4.86. The van der Waals surface area contributed by atoms with E-state index in [9.17, 15) is 28.7 Å². The summed E-state index contributed by atoms with van der Waals surface area (Å²) < 4.78 is 34.3. The van der Waals surface area contributed by atoms with Gasteiger partial charge in [-0.2, -0.15) is 0 Å². The van der Waals surface area contributed by atoms with Crippen molar-refractivity contribution < 1.29 is 37.8 Å². The summed E-state index contributed by atoms with van der Waals surface area (Å²) in [6.07, 6.45) is 1.46. The molecule has 4 N–H and O–H groups in total. The molecule has 0 unspecified atom stereocenters. The third-order valence-corrected chi connectivity index (χ3v) is 6.53. The molecule has 0 saturated carbocycles. The monoisotopic (exact) mass is 528 g/mol. The van der Waals surface area contributed by atoms with Crippen LogP contribution in [0.5, 0.6) is 11.5 Å². The summed E-state index contributed by atoms with van der Waals surface area (Å²) in [6.45, 7) is 15.5. The van der Waals surface area contributed by atoms with E-state index in [1.807, 2.05) is 79.7 Å². The van der Waals surface area contributed by atoms with Crippen LogP contribution in [0.4, 0.5) is 0 Å². The summed E-state index contributed by atoms with van der Waals surface area (Å²) in [4.78, 5) is 38.7. The van der Waals surface area contributed by atoms with Gasteiger partial charge in [0.25, 0.3) is 0 Å². The minimum Gasteiger partial charge on any atom is -0.404 e. The number of hydrogen-bond donors (Lipinski definition) is 4. The highest BCUT2D eigenvalue weighted by molar-refractivity contribution is 7.47. The quantitative estimate of drug-likeness (QED) is 0.309. The Bertz CT molecular complexity index is 1070. The second-order valence-electron chi connectivity index (χ2n) is 10.8. The van der Waals surface area contributed by atoms with E-state index in [0.29, 0.717) is 35.1 Å². The Labute approximate surface area is 208 Å². The van der Waals surface area contributed by atoms with Crippen LogP contribution in [0, 0.1) is 0 Å². The molecule has 2 rings (SSSR count). The van der Waals surface area contributed by atoms with Crippen LogP contribution >= 0.6 is 15.6 Å². The summed E-state index contributed by atoms with van der Waals surface area (Å²) in [5.41, 5.74) is 3.19. The van der Waals surface area contributed by atoms with Crippen molar-refractivity contribution in [3.63, 3.8) is 0 Å². The molecule has 0 aliphatic heterocycles. The molecule has 10 heteroatoms. The molecule has 2 aromatic carbocycles. The molecule has 35 heavy (non-hydrogen) atoms. The Morgan fingerprint density at radius 1 is 0.657 bits per heavy atom. The summed E-state index contributed by atoms with van der Waals surface area (Å²) in [5, 5.41) is 0. The summed E-state index contributed by atoms with van der Waals surface area (Å²) in [7, 11) is -9.78. The smallest absolute Gasteiger partial charge is 0.404 e. The molecule has 8 nitrogen and oxygen atoms in total. The molecule has 0 aliphatic carbocycles. The van der Waals surface area contributed by atoms with Crippen molar-refractivity contribution in [1.82, 2.24) is 0 Å². The molecule has 0 saturated heterocycles. The van der Waals surface area contributed by atoms with Crippen molar-refractivity contribution in [2.45, 2.75) is 85.5 Å². The lowest BCUT2D eigenvalue weighted by atomic mass is 9.81. The number of phosphoric acid groups is 2. The van der Waals surface area contributed by atoms with E-state index in [4.69, 9.17) is 9.05 Å². The van der Waals surface area contributed by atoms with E-state index in [2.05, 4.69) is 0 Å². The van der Waals surface area contributed by atoms with Gasteiger partial charge in [0.1, 0.15) is 11.5 Å². The predicted molar refractivity (Wildman–Crippen MR) is 137 cm³/mol. The maximum absolute atomic E-state index is 11.9. The van der Waals surface area contributed by atoms with Crippen LogP contribution in [0.3, 0.4) is 0 Å². The molecule has 0 amide bonds. The van der Waals surface area contributed by atoms with Gasteiger partial charge in [-0.15, -0.1) is 0 Å². The number of aryl methyl sites for hydroxylation is 2. The zero-order valence-corrected chi connectivity index (χ0v) is 23.5. The Morgan fingerprint density at radius 2 is 0.971 bits per heavy atom. The van der Waals surface area contributed by atoms with Gasteiger partial charge in [-0.25, -0.2) is 9.13 Å². The second kappa shape index (κ2) is 10.4. The van der Waals surface area contributed by atoms with E-state index in [1.54, 1.807) is 0 Å². The standard InChI is InChI=1S/C25H38O8P2/c1-9-16-11-18(22(32-34(26,27)28)20(13-16)24(3,4)5)15-19-12-17(10-2)14-21(25(6,7)8)23(19)33-35(29,30)31/h11-14H,9-10,15H2,1-8H3,(H2,26,27,28)(H2,29,30,31). The van der Waals surface area contributed by atoms with Gasteiger partial charge in [0.15, 0.2) is 0 Å². The zero-order chi connectivity index (χ0) is 27.0. The van der Waals surface area contributed by atoms with Crippen molar-refractivity contribution >= 4 is 15.6 Å². The normalized spacial score (nSPS) is 13.1. The largest absolute Gasteiger partial charge is 0.524 e. The van der Waals surface area contributed by atoms with Crippen LogP contribution < -0.4 is 9.05 Å². The molecule has 0 aromatic heterocycles. The maximum atomic E-state index is 11.9. The first-order valence-corrected chi connectivity index (χ1v) is 14.6. The van der Waals surface area contributed by atoms with E-state index in [1.165, 1.54) is 0 Å². The average Bonchev–Trinajstić information content (AvgIpc) is 2.66.